The number of hydrogen-bond donors (Lipinski definition) is 2. The van der Waals surface area contributed by atoms with Crippen LogP contribution < -0.4 is 0 Å². The zero-order valence-corrected chi connectivity index (χ0v) is 11.6. The molecule has 1 aromatic heterocycles. The average Bonchev–Trinajstić information content (AvgIpc) is 3.22. The van der Waals surface area contributed by atoms with Crippen LogP contribution in [0.4, 0.5) is 0 Å². The molecule has 108 valence electrons. The number of likely N-dealkylation sites (tertiary alicyclic amines) is 1. The van der Waals surface area contributed by atoms with E-state index in [0.717, 1.165) is 24.1 Å². The molecular weight excluding hydrogens is 266 g/mol. The maximum absolute atomic E-state index is 12.6. The zero-order valence-electron chi connectivity index (χ0n) is 11.6. The number of rotatable bonds is 3. The minimum Gasteiger partial charge on any atom is -0.386 e. The predicted octanol–water partition coefficient (Wildman–Crippen LogP) is 1.67. The van der Waals surface area contributed by atoms with Gasteiger partial charge in [-0.3, -0.25) is 9.89 Å². The first kappa shape index (κ1) is 12.6. The molecule has 2 aliphatic rings. The largest absolute Gasteiger partial charge is 0.386 e. The van der Waals surface area contributed by atoms with Crippen LogP contribution in [0.1, 0.15) is 23.2 Å². The molecule has 1 amide bonds. The van der Waals surface area contributed by atoms with E-state index in [4.69, 9.17) is 0 Å². The van der Waals surface area contributed by atoms with Crippen LogP contribution in [-0.4, -0.2) is 44.8 Å². The number of carbonyl (C=O) groups excluding carboxylic acids is 1. The molecule has 0 unspecified atom stereocenters. The number of aromatic nitrogens is 2. The minimum absolute atomic E-state index is 0.0621. The second kappa shape index (κ2) is 4.43. The Morgan fingerprint density at radius 3 is 2.67 bits per heavy atom. The minimum atomic E-state index is -0.647. The molecule has 1 saturated carbocycles. The summed E-state index contributed by atoms with van der Waals surface area (Å²) in [4.78, 5) is 14.3. The van der Waals surface area contributed by atoms with E-state index in [0.29, 0.717) is 24.6 Å². The summed E-state index contributed by atoms with van der Waals surface area (Å²) in [7, 11) is 0. The van der Waals surface area contributed by atoms with E-state index in [1.807, 2.05) is 30.3 Å². The Labute approximate surface area is 122 Å². The van der Waals surface area contributed by atoms with Crippen molar-refractivity contribution >= 4 is 5.91 Å². The van der Waals surface area contributed by atoms with Crippen molar-refractivity contribution in [3.63, 3.8) is 0 Å². The van der Waals surface area contributed by atoms with Gasteiger partial charge in [0.2, 0.25) is 0 Å². The SMILES string of the molecule is O=C(c1cn[nH]c1-c1ccccc1)N1CC(O)(C2CC2)C1. The number of benzene rings is 1. The standard InChI is InChI=1S/C16H17N3O2/c20-15(19-9-16(21,10-19)12-6-7-12)13-8-17-18-14(13)11-4-2-1-3-5-11/h1-5,8,12,21H,6-7,9-10H2,(H,17,18). The van der Waals surface area contributed by atoms with Crippen molar-refractivity contribution < 1.29 is 9.90 Å². The van der Waals surface area contributed by atoms with Gasteiger partial charge < -0.3 is 10.0 Å². The van der Waals surface area contributed by atoms with E-state index >= 15 is 0 Å². The molecule has 2 aromatic rings. The molecule has 2 fully saturated rings. The number of H-pyrrole nitrogens is 1. The Morgan fingerprint density at radius 2 is 2.00 bits per heavy atom. The van der Waals surface area contributed by atoms with Crippen LogP contribution in [0.25, 0.3) is 11.3 Å². The Morgan fingerprint density at radius 1 is 1.29 bits per heavy atom. The highest BCUT2D eigenvalue weighted by molar-refractivity contribution is 6.00. The Kier molecular flexibility index (Phi) is 2.65. The van der Waals surface area contributed by atoms with Gasteiger partial charge in [-0.15, -0.1) is 0 Å². The molecule has 0 atom stereocenters. The van der Waals surface area contributed by atoms with Gasteiger partial charge in [0.05, 0.1) is 30.5 Å². The number of amides is 1. The van der Waals surface area contributed by atoms with Gasteiger partial charge in [-0.2, -0.15) is 5.10 Å². The van der Waals surface area contributed by atoms with E-state index < -0.39 is 5.60 Å². The smallest absolute Gasteiger partial charge is 0.257 e. The first-order valence-corrected chi connectivity index (χ1v) is 7.28. The van der Waals surface area contributed by atoms with Crippen LogP contribution >= 0.6 is 0 Å². The fourth-order valence-corrected chi connectivity index (χ4v) is 3.08. The lowest BCUT2D eigenvalue weighted by Crippen LogP contribution is -2.64. The molecule has 1 aliphatic carbocycles. The van der Waals surface area contributed by atoms with Crippen molar-refractivity contribution in [3.8, 4) is 11.3 Å². The number of nitrogens with one attached hydrogen (secondary N) is 1. The average molecular weight is 283 g/mol. The third kappa shape index (κ3) is 2.05. The van der Waals surface area contributed by atoms with E-state index in [-0.39, 0.29) is 5.91 Å². The molecule has 2 heterocycles. The first-order chi connectivity index (χ1) is 10.2. The Hall–Kier alpha value is -2.14. The summed E-state index contributed by atoms with van der Waals surface area (Å²) < 4.78 is 0. The summed E-state index contributed by atoms with van der Waals surface area (Å²) in [6.45, 7) is 0.881. The van der Waals surface area contributed by atoms with Crippen LogP contribution in [0.15, 0.2) is 36.5 Å². The third-order valence-electron chi connectivity index (χ3n) is 4.49. The van der Waals surface area contributed by atoms with Crippen molar-refractivity contribution in [3.05, 3.63) is 42.1 Å². The van der Waals surface area contributed by atoms with E-state index in [1.165, 1.54) is 0 Å². The van der Waals surface area contributed by atoms with E-state index in [1.54, 1.807) is 11.1 Å². The first-order valence-electron chi connectivity index (χ1n) is 7.28. The molecule has 21 heavy (non-hydrogen) atoms. The van der Waals surface area contributed by atoms with Gasteiger partial charge in [0, 0.05) is 5.56 Å². The van der Waals surface area contributed by atoms with Crippen molar-refractivity contribution in [1.29, 1.82) is 0 Å². The maximum Gasteiger partial charge on any atom is 0.257 e. The molecule has 0 spiro atoms. The highest BCUT2D eigenvalue weighted by atomic mass is 16.3. The number of β-amino-alcohol motifs (C(OH)–C–C–N with tert-alkyl or cyclic N) is 1. The van der Waals surface area contributed by atoms with Gasteiger partial charge in [-0.1, -0.05) is 30.3 Å². The number of aliphatic hydroxyl groups is 1. The molecule has 4 rings (SSSR count). The van der Waals surface area contributed by atoms with Crippen LogP contribution in [0.3, 0.4) is 0 Å². The number of aromatic amines is 1. The second-order valence-corrected chi connectivity index (χ2v) is 6.06. The lowest BCUT2D eigenvalue weighted by molar-refractivity contribution is -0.0957. The predicted molar refractivity (Wildman–Crippen MR) is 77.6 cm³/mol. The summed E-state index contributed by atoms with van der Waals surface area (Å²) in [6, 6.07) is 9.69. The molecule has 2 N–H and O–H groups in total. The highest BCUT2D eigenvalue weighted by Crippen LogP contribution is 2.44. The van der Waals surface area contributed by atoms with Crippen LogP contribution in [-0.2, 0) is 0 Å². The summed E-state index contributed by atoms with van der Waals surface area (Å²) in [5.41, 5.74) is 1.60. The van der Waals surface area contributed by atoms with Gasteiger partial charge in [-0.05, 0) is 18.8 Å². The lowest BCUT2D eigenvalue weighted by atomic mass is 9.88. The van der Waals surface area contributed by atoms with Gasteiger partial charge >= 0.3 is 0 Å². The van der Waals surface area contributed by atoms with E-state index in [9.17, 15) is 9.90 Å². The van der Waals surface area contributed by atoms with Gasteiger partial charge in [0.1, 0.15) is 5.60 Å². The van der Waals surface area contributed by atoms with Crippen molar-refractivity contribution in [2.45, 2.75) is 18.4 Å². The molecular formula is C16H17N3O2. The number of nitrogens with zero attached hydrogens (tertiary/aromatic N) is 2. The summed E-state index contributed by atoms with van der Waals surface area (Å²) >= 11 is 0. The quantitative estimate of drug-likeness (QED) is 0.900. The van der Waals surface area contributed by atoms with Gasteiger partial charge in [0.15, 0.2) is 0 Å². The molecule has 1 aliphatic heterocycles. The topological polar surface area (TPSA) is 69.2 Å². The van der Waals surface area contributed by atoms with E-state index in [2.05, 4.69) is 10.2 Å². The Bertz CT molecular complexity index is 670. The fraction of sp³-hybridized carbons (Fsp3) is 0.375. The maximum atomic E-state index is 12.6. The summed E-state index contributed by atoms with van der Waals surface area (Å²) in [5, 5.41) is 17.2. The van der Waals surface area contributed by atoms with Crippen LogP contribution in [0.5, 0.6) is 0 Å². The molecule has 0 radical (unpaired) electrons. The summed E-state index contributed by atoms with van der Waals surface area (Å²) in [5.74, 6) is 0.326. The molecule has 1 saturated heterocycles. The molecule has 0 bridgehead atoms. The second-order valence-electron chi connectivity index (χ2n) is 6.06. The normalized spacial score (nSPS) is 20.1. The molecule has 5 nitrogen and oxygen atoms in total. The monoisotopic (exact) mass is 283 g/mol. The van der Waals surface area contributed by atoms with Gasteiger partial charge in [-0.25, -0.2) is 0 Å². The molecule has 5 heteroatoms. The number of carbonyl (C=O) groups is 1. The van der Waals surface area contributed by atoms with Gasteiger partial charge in [0.25, 0.3) is 5.91 Å². The highest BCUT2D eigenvalue weighted by Gasteiger charge is 2.53. The number of hydrogen-bond acceptors (Lipinski definition) is 3. The van der Waals surface area contributed by atoms with Crippen LogP contribution in [0, 0.1) is 5.92 Å². The van der Waals surface area contributed by atoms with Crippen molar-refractivity contribution in [2.24, 2.45) is 5.92 Å². The van der Waals surface area contributed by atoms with Crippen molar-refractivity contribution in [2.75, 3.05) is 13.1 Å². The zero-order chi connectivity index (χ0) is 14.4. The Balaban J connectivity index is 1.55. The summed E-state index contributed by atoms with van der Waals surface area (Å²) in [6.07, 6.45) is 3.73. The lowest BCUT2D eigenvalue weighted by Gasteiger charge is -2.46. The molecule has 1 aromatic carbocycles. The third-order valence-corrected chi connectivity index (χ3v) is 4.49. The van der Waals surface area contributed by atoms with Crippen molar-refractivity contribution in [1.82, 2.24) is 15.1 Å². The fourth-order valence-electron chi connectivity index (χ4n) is 3.08. The van der Waals surface area contributed by atoms with Crippen LogP contribution in [0.2, 0.25) is 0 Å².